The molecule has 1 N–H and O–H groups in total. The fourth-order valence-electron chi connectivity index (χ4n) is 1.60. The van der Waals surface area contributed by atoms with E-state index >= 15 is 0 Å². The number of pyridine rings is 1. The molecule has 0 unspecified atom stereocenters. The molecule has 0 atom stereocenters. The fourth-order valence-corrected chi connectivity index (χ4v) is 1.80. The molecule has 0 amide bonds. The molecule has 1 aromatic heterocycles. The first-order valence-corrected chi connectivity index (χ1v) is 6.01. The maximum absolute atomic E-state index is 10.6. The Morgan fingerprint density at radius 1 is 1.45 bits per heavy atom. The molecule has 0 aliphatic carbocycles. The molecular formula is C13H9ClN4O2. The van der Waals surface area contributed by atoms with Crippen LogP contribution in [0.15, 0.2) is 36.5 Å². The molecule has 20 heavy (non-hydrogen) atoms. The van der Waals surface area contributed by atoms with Gasteiger partial charge in [0.05, 0.1) is 4.92 Å². The van der Waals surface area contributed by atoms with Crippen LogP contribution in [0.1, 0.15) is 11.1 Å². The van der Waals surface area contributed by atoms with Crippen LogP contribution in [0.25, 0.3) is 0 Å². The van der Waals surface area contributed by atoms with Crippen LogP contribution < -0.4 is 5.32 Å². The lowest BCUT2D eigenvalue weighted by Gasteiger charge is -2.08. The van der Waals surface area contributed by atoms with Gasteiger partial charge in [-0.25, -0.2) is 4.98 Å². The van der Waals surface area contributed by atoms with Crippen LogP contribution in [0, 0.1) is 21.4 Å². The predicted octanol–water partition coefficient (Wildman–Crippen LogP) is 3.13. The van der Waals surface area contributed by atoms with Crippen LogP contribution in [0.3, 0.4) is 0 Å². The van der Waals surface area contributed by atoms with Gasteiger partial charge in [-0.05, 0) is 11.6 Å². The molecule has 0 bridgehead atoms. The number of rotatable bonds is 4. The topological polar surface area (TPSA) is 91.8 Å². The maximum atomic E-state index is 10.6. The maximum Gasteiger partial charge on any atom is 0.289 e. The molecule has 100 valence electrons. The van der Waals surface area contributed by atoms with Gasteiger partial charge in [-0.15, -0.1) is 0 Å². The van der Waals surface area contributed by atoms with Crippen molar-refractivity contribution in [2.45, 2.75) is 6.54 Å². The molecule has 7 heteroatoms. The second kappa shape index (κ2) is 5.99. The average molecular weight is 289 g/mol. The Morgan fingerprint density at radius 3 is 2.85 bits per heavy atom. The third-order valence-corrected chi connectivity index (χ3v) is 2.98. The smallest absolute Gasteiger partial charge is 0.289 e. The van der Waals surface area contributed by atoms with Crippen molar-refractivity contribution in [3.63, 3.8) is 0 Å². The number of halogens is 1. The summed E-state index contributed by atoms with van der Waals surface area (Å²) in [5.74, 6) is 0.290. The molecule has 0 saturated heterocycles. The van der Waals surface area contributed by atoms with Gasteiger partial charge in [-0.2, -0.15) is 5.26 Å². The van der Waals surface area contributed by atoms with Crippen LogP contribution in [-0.4, -0.2) is 9.91 Å². The minimum atomic E-state index is -0.592. The van der Waals surface area contributed by atoms with Crippen molar-refractivity contribution >= 4 is 23.1 Å². The van der Waals surface area contributed by atoms with Gasteiger partial charge in [-0.3, -0.25) is 10.1 Å². The first-order valence-electron chi connectivity index (χ1n) is 5.63. The highest BCUT2D eigenvalue weighted by Gasteiger charge is 2.12. The first-order chi connectivity index (χ1) is 9.61. The molecule has 0 saturated carbocycles. The minimum Gasteiger partial charge on any atom is -0.365 e. The van der Waals surface area contributed by atoms with Gasteiger partial charge in [0.1, 0.15) is 23.6 Å². The standard InChI is InChI=1S/C13H9ClN4O2/c14-12-4-2-1-3-9(12)7-16-13-10(6-15)5-11(8-17-13)18(19)20/h1-5,8H,7H2,(H,16,17). The number of benzene rings is 1. The molecule has 0 fully saturated rings. The molecular weight excluding hydrogens is 280 g/mol. The first kappa shape index (κ1) is 13.8. The highest BCUT2D eigenvalue weighted by atomic mass is 35.5. The Balaban J connectivity index is 2.20. The highest BCUT2D eigenvalue weighted by Crippen LogP contribution is 2.20. The Labute approximate surface area is 119 Å². The summed E-state index contributed by atoms with van der Waals surface area (Å²) < 4.78 is 0. The summed E-state index contributed by atoms with van der Waals surface area (Å²) in [6.07, 6.45) is 1.11. The number of nitro groups is 1. The lowest BCUT2D eigenvalue weighted by atomic mass is 10.2. The molecule has 6 nitrogen and oxygen atoms in total. The lowest BCUT2D eigenvalue weighted by molar-refractivity contribution is -0.385. The number of nitrogens with zero attached hydrogens (tertiary/aromatic N) is 3. The van der Waals surface area contributed by atoms with Crippen molar-refractivity contribution in [3.8, 4) is 6.07 Å². The number of anilines is 1. The van der Waals surface area contributed by atoms with E-state index < -0.39 is 4.92 Å². The number of nitriles is 1. The van der Waals surface area contributed by atoms with E-state index in [0.717, 1.165) is 11.8 Å². The largest absolute Gasteiger partial charge is 0.365 e. The van der Waals surface area contributed by atoms with Gasteiger partial charge in [-0.1, -0.05) is 29.8 Å². The van der Waals surface area contributed by atoms with E-state index in [4.69, 9.17) is 16.9 Å². The highest BCUT2D eigenvalue weighted by molar-refractivity contribution is 6.31. The zero-order chi connectivity index (χ0) is 14.5. The van der Waals surface area contributed by atoms with Crippen molar-refractivity contribution in [3.05, 3.63) is 62.8 Å². The number of hydrogen-bond acceptors (Lipinski definition) is 5. The molecule has 0 spiro atoms. The van der Waals surface area contributed by atoms with Gasteiger partial charge in [0.15, 0.2) is 0 Å². The monoisotopic (exact) mass is 288 g/mol. The van der Waals surface area contributed by atoms with E-state index in [1.165, 1.54) is 6.07 Å². The number of nitrogens with one attached hydrogen (secondary N) is 1. The average Bonchev–Trinajstić information content (AvgIpc) is 2.46. The predicted molar refractivity (Wildman–Crippen MR) is 74.4 cm³/mol. The van der Waals surface area contributed by atoms with Gasteiger partial charge in [0.25, 0.3) is 5.69 Å². The Kier molecular flexibility index (Phi) is 4.13. The fraction of sp³-hybridized carbons (Fsp3) is 0.0769. The quantitative estimate of drug-likeness (QED) is 0.689. The van der Waals surface area contributed by atoms with Gasteiger partial charge >= 0.3 is 0 Å². The normalized spacial score (nSPS) is 9.80. The molecule has 2 rings (SSSR count). The summed E-state index contributed by atoms with van der Waals surface area (Å²) in [7, 11) is 0. The van der Waals surface area contributed by atoms with Crippen LogP contribution in [0.5, 0.6) is 0 Å². The van der Waals surface area contributed by atoms with Crippen molar-refractivity contribution in [1.82, 2.24) is 4.98 Å². The summed E-state index contributed by atoms with van der Waals surface area (Å²) in [5, 5.41) is 23.2. The van der Waals surface area contributed by atoms with Gasteiger partial charge in [0.2, 0.25) is 0 Å². The van der Waals surface area contributed by atoms with Crippen molar-refractivity contribution < 1.29 is 4.92 Å². The molecule has 2 aromatic rings. The van der Waals surface area contributed by atoms with Crippen molar-refractivity contribution in [2.24, 2.45) is 0 Å². The van der Waals surface area contributed by atoms with Crippen LogP contribution >= 0.6 is 11.6 Å². The van der Waals surface area contributed by atoms with E-state index in [2.05, 4.69) is 10.3 Å². The van der Waals surface area contributed by atoms with Crippen molar-refractivity contribution in [1.29, 1.82) is 5.26 Å². The van der Waals surface area contributed by atoms with E-state index in [0.29, 0.717) is 11.6 Å². The third-order valence-electron chi connectivity index (χ3n) is 2.61. The van der Waals surface area contributed by atoms with Crippen molar-refractivity contribution in [2.75, 3.05) is 5.32 Å². The molecule has 0 radical (unpaired) electrons. The summed E-state index contributed by atoms with van der Waals surface area (Å²) in [6.45, 7) is 0.374. The lowest BCUT2D eigenvalue weighted by Crippen LogP contribution is -2.04. The molecule has 1 heterocycles. The molecule has 0 aliphatic rings. The zero-order valence-electron chi connectivity index (χ0n) is 10.2. The summed E-state index contributed by atoms with van der Waals surface area (Å²) in [4.78, 5) is 13.9. The van der Waals surface area contributed by atoms with Gasteiger partial charge in [0, 0.05) is 17.6 Å². The molecule has 0 aliphatic heterocycles. The van der Waals surface area contributed by atoms with Crippen LogP contribution in [0.4, 0.5) is 11.5 Å². The zero-order valence-corrected chi connectivity index (χ0v) is 11.0. The second-order valence-corrected chi connectivity index (χ2v) is 4.31. The Hall–Kier alpha value is -2.65. The van der Waals surface area contributed by atoms with E-state index in [-0.39, 0.29) is 17.1 Å². The SMILES string of the molecule is N#Cc1cc([N+](=O)[O-])cnc1NCc1ccccc1Cl. The number of hydrogen-bond donors (Lipinski definition) is 1. The second-order valence-electron chi connectivity index (χ2n) is 3.90. The Morgan fingerprint density at radius 2 is 2.20 bits per heavy atom. The Bertz CT molecular complexity index is 697. The van der Waals surface area contributed by atoms with Gasteiger partial charge < -0.3 is 5.32 Å². The van der Waals surface area contributed by atoms with E-state index in [9.17, 15) is 10.1 Å². The summed E-state index contributed by atoms with van der Waals surface area (Å²) in [6, 6.07) is 10.3. The summed E-state index contributed by atoms with van der Waals surface area (Å²) in [5.41, 5.74) is 0.745. The third kappa shape index (κ3) is 3.02. The van der Waals surface area contributed by atoms with E-state index in [1.54, 1.807) is 6.07 Å². The summed E-state index contributed by atoms with van der Waals surface area (Å²) >= 11 is 6.02. The molecule has 1 aromatic carbocycles. The minimum absolute atomic E-state index is 0.117. The van der Waals surface area contributed by atoms with E-state index in [1.807, 2.05) is 24.3 Å². The number of aromatic nitrogens is 1. The van der Waals surface area contributed by atoms with Crippen LogP contribution in [0.2, 0.25) is 5.02 Å². The van der Waals surface area contributed by atoms with Crippen LogP contribution in [-0.2, 0) is 6.54 Å².